The molecule has 1 saturated carbocycles. The summed E-state index contributed by atoms with van der Waals surface area (Å²) in [6, 6.07) is 9.96. The molecule has 1 aliphatic carbocycles. The summed E-state index contributed by atoms with van der Waals surface area (Å²) in [5, 5.41) is 3.06. The minimum atomic E-state index is 0.508. The van der Waals surface area contributed by atoms with Crippen LogP contribution in [0.5, 0.6) is 11.6 Å². The highest BCUT2D eigenvalue weighted by atomic mass is 16.5. The van der Waals surface area contributed by atoms with Crippen molar-refractivity contribution in [2.24, 2.45) is 0 Å². The monoisotopic (exact) mass is 269 g/mol. The standard InChI is InChI=1S/C16H19N3O/c1-3-11-4-8-13(9-5-11)20-15-10-14(17-2)18-16(19-15)12-6-7-12/h4-5,8-10,12H,3,6-7H2,1-2H3,(H,17,18,19). The van der Waals surface area contributed by atoms with Crippen LogP contribution in [0.1, 0.15) is 37.1 Å². The Hall–Kier alpha value is -2.10. The third-order valence-corrected chi connectivity index (χ3v) is 3.47. The summed E-state index contributed by atoms with van der Waals surface area (Å²) in [7, 11) is 1.86. The maximum atomic E-state index is 5.85. The molecule has 0 amide bonds. The zero-order chi connectivity index (χ0) is 13.9. The SMILES string of the molecule is CCc1ccc(Oc2cc(NC)nc(C3CC3)n2)cc1. The summed E-state index contributed by atoms with van der Waals surface area (Å²) < 4.78 is 5.85. The van der Waals surface area contributed by atoms with Crippen molar-refractivity contribution in [3.63, 3.8) is 0 Å². The van der Waals surface area contributed by atoms with E-state index >= 15 is 0 Å². The largest absolute Gasteiger partial charge is 0.439 e. The van der Waals surface area contributed by atoms with E-state index < -0.39 is 0 Å². The first-order valence-electron chi connectivity index (χ1n) is 7.12. The third kappa shape index (κ3) is 2.90. The molecule has 0 aliphatic heterocycles. The zero-order valence-electron chi connectivity index (χ0n) is 11.9. The molecule has 0 atom stereocenters. The molecule has 0 spiro atoms. The Balaban J connectivity index is 1.83. The van der Waals surface area contributed by atoms with Gasteiger partial charge in [-0.25, -0.2) is 4.98 Å². The van der Waals surface area contributed by atoms with Crippen molar-refractivity contribution in [2.45, 2.75) is 32.1 Å². The Bertz CT molecular complexity index is 591. The van der Waals surface area contributed by atoms with Crippen molar-refractivity contribution in [3.05, 3.63) is 41.7 Å². The Kier molecular flexibility index (Phi) is 3.54. The van der Waals surface area contributed by atoms with Gasteiger partial charge in [0, 0.05) is 19.0 Å². The van der Waals surface area contributed by atoms with Gasteiger partial charge in [0.05, 0.1) is 0 Å². The quantitative estimate of drug-likeness (QED) is 0.898. The summed E-state index contributed by atoms with van der Waals surface area (Å²) in [6.07, 6.45) is 3.39. The molecule has 2 aromatic rings. The number of rotatable bonds is 5. The van der Waals surface area contributed by atoms with E-state index in [9.17, 15) is 0 Å². The molecular weight excluding hydrogens is 250 g/mol. The first-order valence-corrected chi connectivity index (χ1v) is 7.12. The van der Waals surface area contributed by atoms with Crippen LogP contribution in [0.15, 0.2) is 30.3 Å². The Morgan fingerprint density at radius 3 is 2.55 bits per heavy atom. The summed E-state index contributed by atoms with van der Waals surface area (Å²) >= 11 is 0. The minimum Gasteiger partial charge on any atom is -0.439 e. The van der Waals surface area contributed by atoms with Gasteiger partial charge in [0.1, 0.15) is 17.4 Å². The van der Waals surface area contributed by atoms with Gasteiger partial charge in [-0.05, 0) is 37.0 Å². The second kappa shape index (κ2) is 5.49. The molecule has 1 heterocycles. The van der Waals surface area contributed by atoms with Crippen LogP contribution in [0.3, 0.4) is 0 Å². The summed E-state index contributed by atoms with van der Waals surface area (Å²) in [5.41, 5.74) is 1.30. The molecule has 0 unspecified atom stereocenters. The highest BCUT2D eigenvalue weighted by molar-refractivity contribution is 5.40. The van der Waals surface area contributed by atoms with Gasteiger partial charge in [0.15, 0.2) is 0 Å². The van der Waals surface area contributed by atoms with Gasteiger partial charge in [-0.2, -0.15) is 4.98 Å². The maximum Gasteiger partial charge on any atom is 0.224 e. The summed E-state index contributed by atoms with van der Waals surface area (Å²) in [6.45, 7) is 2.14. The van der Waals surface area contributed by atoms with Gasteiger partial charge in [-0.3, -0.25) is 0 Å². The van der Waals surface area contributed by atoms with E-state index in [1.54, 1.807) is 0 Å². The molecule has 1 N–H and O–H groups in total. The summed E-state index contributed by atoms with van der Waals surface area (Å²) in [5.74, 6) is 3.62. The first kappa shape index (κ1) is 12.9. The Labute approximate surface area is 119 Å². The lowest BCUT2D eigenvalue weighted by Gasteiger charge is -2.09. The van der Waals surface area contributed by atoms with Crippen LogP contribution in [0.2, 0.25) is 0 Å². The van der Waals surface area contributed by atoms with E-state index in [1.807, 2.05) is 25.2 Å². The maximum absolute atomic E-state index is 5.85. The molecule has 104 valence electrons. The Morgan fingerprint density at radius 1 is 1.20 bits per heavy atom. The van der Waals surface area contributed by atoms with Gasteiger partial charge < -0.3 is 10.1 Å². The molecule has 1 aliphatic rings. The molecule has 1 aromatic carbocycles. The highest BCUT2D eigenvalue weighted by Crippen LogP contribution is 2.39. The molecule has 1 fully saturated rings. The lowest BCUT2D eigenvalue weighted by atomic mass is 10.2. The van der Waals surface area contributed by atoms with Crippen molar-refractivity contribution >= 4 is 5.82 Å². The predicted molar refractivity (Wildman–Crippen MR) is 79.4 cm³/mol. The van der Waals surface area contributed by atoms with E-state index in [2.05, 4.69) is 34.3 Å². The van der Waals surface area contributed by atoms with Crippen LogP contribution < -0.4 is 10.1 Å². The molecule has 3 rings (SSSR count). The van der Waals surface area contributed by atoms with E-state index in [-0.39, 0.29) is 0 Å². The smallest absolute Gasteiger partial charge is 0.224 e. The van der Waals surface area contributed by atoms with Crippen molar-refractivity contribution < 1.29 is 4.74 Å². The number of aromatic nitrogens is 2. The number of benzene rings is 1. The number of anilines is 1. The molecule has 0 radical (unpaired) electrons. The third-order valence-electron chi connectivity index (χ3n) is 3.47. The minimum absolute atomic E-state index is 0.508. The molecule has 4 heteroatoms. The number of nitrogens with one attached hydrogen (secondary N) is 1. The Morgan fingerprint density at radius 2 is 1.95 bits per heavy atom. The first-order chi connectivity index (χ1) is 9.78. The van der Waals surface area contributed by atoms with E-state index in [1.165, 1.54) is 18.4 Å². The average Bonchev–Trinajstić information content (AvgIpc) is 3.32. The van der Waals surface area contributed by atoms with Crippen molar-refractivity contribution in [1.29, 1.82) is 0 Å². The highest BCUT2D eigenvalue weighted by Gasteiger charge is 2.27. The molecule has 0 saturated heterocycles. The fourth-order valence-corrected chi connectivity index (χ4v) is 2.06. The summed E-state index contributed by atoms with van der Waals surface area (Å²) in [4.78, 5) is 8.99. The second-order valence-electron chi connectivity index (χ2n) is 5.07. The molecule has 20 heavy (non-hydrogen) atoms. The van der Waals surface area contributed by atoms with E-state index in [4.69, 9.17) is 4.74 Å². The van der Waals surface area contributed by atoms with Gasteiger partial charge in [0.2, 0.25) is 5.88 Å². The number of ether oxygens (including phenoxy) is 1. The average molecular weight is 269 g/mol. The van der Waals surface area contributed by atoms with Crippen LogP contribution in [0.25, 0.3) is 0 Å². The second-order valence-corrected chi connectivity index (χ2v) is 5.07. The van der Waals surface area contributed by atoms with Crippen LogP contribution in [-0.4, -0.2) is 17.0 Å². The van der Waals surface area contributed by atoms with Crippen LogP contribution in [0, 0.1) is 0 Å². The number of nitrogens with zero attached hydrogens (tertiary/aromatic N) is 2. The van der Waals surface area contributed by atoms with Crippen molar-refractivity contribution in [1.82, 2.24) is 9.97 Å². The van der Waals surface area contributed by atoms with Crippen LogP contribution in [-0.2, 0) is 6.42 Å². The van der Waals surface area contributed by atoms with E-state index in [0.717, 1.165) is 23.8 Å². The van der Waals surface area contributed by atoms with Gasteiger partial charge in [0.25, 0.3) is 0 Å². The lowest BCUT2D eigenvalue weighted by molar-refractivity contribution is 0.459. The van der Waals surface area contributed by atoms with Crippen molar-refractivity contribution in [2.75, 3.05) is 12.4 Å². The van der Waals surface area contributed by atoms with E-state index in [0.29, 0.717) is 11.8 Å². The zero-order valence-corrected chi connectivity index (χ0v) is 11.9. The topological polar surface area (TPSA) is 47.0 Å². The number of hydrogen-bond acceptors (Lipinski definition) is 4. The number of hydrogen-bond donors (Lipinski definition) is 1. The molecular formula is C16H19N3O. The molecule has 0 bridgehead atoms. The normalized spacial score (nSPS) is 14.1. The molecule has 4 nitrogen and oxygen atoms in total. The number of aryl methyl sites for hydroxylation is 1. The fourth-order valence-electron chi connectivity index (χ4n) is 2.06. The van der Waals surface area contributed by atoms with Crippen LogP contribution >= 0.6 is 0 Å². The van der Waals surface area contributed by atoms with Crippen molar-refractivity contribution in [3.8, 4) is 11.6 Å². The van der Waals surface area contributed by atoms with Gasteiger partial charge in [-0.1, -0.05) is 19.1 Å². The van der Waals surface area contributed by atoms with Gasteiger partial charge >= 0.3 is 0 Å². The lowest BCUT2D eigenvalue weighted by Crippen LogP contribution is -2.01. The van der Waals surface area contributed by atoms with Crippen LogP contribution in [0.4, 0.5) is 5.82 Å². The predicted octanol–water partition coefficient (Wildman–Crippen LogP) is 3.75. The van der Waals surface area contributed by atoms with Gasteiger partial charge in [-0.15, -0.1) is 0 Å². The fraction of sp³-hybridized carbons (Fsp3) is 0.375. The molecule has 1 aromatic heterocycles.